The predicted octanol–water partition coefficient (Wildman–Crippen LogP) is 3.28. The quantitative estimate of drug-likeness (QED) is 0.486. The summed E-state index contributed by atoms with van der Waals surface area (Å²) in [7, 11) is 0. The molecule has 2 N–H and O–H groups in total. The van der Waals surface area contributed by atoms with E-state index in [1.165, 1.54) is 23.8 Å². The van der Waals surface area contributed by atoms with Gasteiger partial charge in [0.2, 0.25) is 0 Å². The van der Waals surface area contributed by atoms with E-state index in [2.05, 4.69) is 12.1 Å². The number of esters is 1. The third kappa shape index (κ3) is 4.24. The van der Waals surface area contributed by atoms with Crippen LogP contribution in [0, 0.1) is 0 Å². The van der Waals surface area contributed by atoms with Crippen molar-refractivity contribution in [1.29, 1.82) is 0 Å². The normalized spacial score (nSPS) is 10.3. The molecular formula is C17H18O4. The summed E-state index contributed by atoms with van der Waals surface area (Å²) in [6.45, 7) is 0.292. The number of ether oxygens (including phenoxy) is 1. The van der Waals surface area contributed by atoms with Gasteiger partial charge in [0.05, 0.1) is 6.61 Å². The maximum Gasteiger partial charge on any atom is 0.342 e. The third-order valence-corrected chi connectivity index (χ3v) is 3.17. The van der Waals surface area contributed by atoms with Gasteiger partial charge in [-0.1, -0.05) is 36.4 Å². The standard InChI is InChI=1S/C17H18O4/c18-15-11-6-10-14(16(15)19)17(20)21-12-5-4-9-13-7-2-1-3-8-13/h1-3,6-8,10-11,18-19H,4-5,9,12H2. The number of carbonyl (C=O) groups excluding carboxylic acids is 1. The van der Waals surface area contributed by atoms with Crippen LogP contribution in [0.1, 0.15) is 28.8 Å². The van der Waals surface area contributed by atoms with E-state index in [0.29, 0.717) is 6.61 Å². The van der Waals surface area contributed by atoms with Gasteiger partial charge in [-0.2, -0.15) is 0 Å². The van der Waals surface area contributed by atoms with Crippen molar-refractivity contribution < 1.29 is 19.7 Å². The zero-order valence-electron chi connectivity index (χ0n) is 11.7. The summed E-state index contributed by atoms with van der Waals surface area (Å²) < 4.78 is 5.09. The minimum atomic E-state index is -0.622. The van der Waals surface area contributed by atoms with Crippen LogP contribution in [0.5, 0.6) is 11.5 Å². The summed E-state index contributed by atoms with van der Waals surface area (Å²) in [6.07, 6.45) is 2.61. The Morgan fingerprint density at radius 3 is 2.48 bits per heavy atom. The number of hydrogen-bond donors (Lipinski definition) is 2. The van der Waals surface area contributed by atoms with E-state index in [0.717, 1.165) is 19.3 Å². The van der Waals surface area contributed by atoms with Crippen LogP contribution in [0.4, 0.5) is 0 Å². The first kappa shape index (κ1) is 14.9. The fourth-order valence-corrected chi connectivity index (χ4v) is 2.01. The van der Waals surface area contributed by atoms with Gasteiger partial charge in [-0.15, -0.1) is 0 Å². The highest BCUT2D eigenvalue weighted by atomic mass is 16.5. The lowest BCUT2D eigenvalue weighted by atomic mass is 10.1. The molecular weight excluding hydrogens is 268 g/mol. The molecule has 0 radical (unpaired) electrons. The number of unbranched alkanes of at least 4 members (excludes halogenated alkanes) is 1. The Bertz CT molecular complexity index is 593. The summed E-state index contributed by atoms with van der Waals surface area (Å²) in [5, 5.41) is 18.9. The number of hydrogen-bond acceptors (Lipinski definition) is 4. The number of aromatic hydroxyl groups is 2. The number of benzene rings is 2. The zero-order valence-corrected chi connectivity index (χ0v) is 11.7. The maximum atomic E-state index is 11.8. The van der Waals surface area contributed by atoms with Crippen molar-refractivity contribution >= 4 is 5.97 Å². The Hall–Kier alpha value is -2.49. The molecule has 21 heavy (non-hydrogen) atoms. The Labute approximate surface area is 123 Å². The molecule has 4 nitrogen and oxygen atoms in total. The monoisotopic (exact) mass is 286 g/mol. The molecule has 0 spiro atoms. The smallest absolute Gasteiger partial charge is 0.342 e. The number of phenols is 2. The van der Waals surface area contributed by atoms with E-state index >= 15 is 0 Å². The Morgan fingerprint density at radius 1 is 0.952 bits per heavy atom. The molecule has 0 heterocycles. The lowest BCUT2D eigenvalue weighted by Crippen LogP contribution is -2.07. The minimum Gasteiger partial charge on any atom is -0.504 e. The van der Waals surface area contributed by atoms with E-state index in [1.807, 2.05) is 18.2 Å². The third-order valence-electron chi connectivity index (χ3n) is 3.17. The number of para-hydroxylation sites is 1. The van der Waals surface area contributed by atoms with Gasteiger partial charge < -0.3 is 14.9 Å². The van der Waals surface area contributed by atoms with Crippen molar-refractivity contribution in [2.45, 2.75) is 19.3 Å². The van der Waals surface area contributed by atoms with Crippen LogP contribution < -0.4 is 0 Å². The first-order valence-electron chi connectivity index (χ1n) is 6.90. The summed E-state index contributed by atoms with van der Waals surface area (Å²) in [5.41, 5.74) is 1.24. The van der Waals surface area contributed by atoms with Gasteiger partial charge in [-0.05, 0) is 37.0 Å². The molecule has 0 amide bonds. The van der Waals surface area contributed by atoms with E-state index in [-0.39, 0.29) is 11.3 Å². The SMILES string of the molecule is O=C(OCCCCc1ccccc1)c1cccc(O)c1O. The van der Waals surface area contributed by atoms with E-state index in [9.17, 15) is 15.0 Å². The van der Waals surface area contributed by atoms with Crippen LogP contribution in [-0.2, 0) is 11.2 Å². The molecule has 2 rings (SSSR count). The van der Waals surface area contributed by atoms with Crippen LogP contribution >= 0.6 is 0 Å². The maximum absolute atomic E-state index is 11.8. The molecule has 0 aliphatic heterocycles. The second-order valence-corrected chi connectivity index (χ2v) is 4.75. The molecule has 0 unspecified atom stereocenters. The summed E-state index contributed by atoms with van der Waals surface area (Å²) in [6, 6.07) is 14.3. The van der Waals surface area contributed by atoms with Crippen molar-refractivity contribution in [3.8, 4) is 11.5 Å². The lowest BCUT2D eigenvalue weighted by Gasteiger charge is -2.07. The highest BCUT2D eigenvalue weighted by molar-refractivity contribution is 5.93. The lowest BCUT2D eigenvalue weighted by molar-refractivity contribution is 0.0494. The van der Waals surface area contributed by atoms with Crippen LogP contribution in [0.2, 0.25) is 0 Å². The first-order chi connectivity index (χ1) is 10.2. The van der Waals surface area contributed by atoms with Gasteiger partial charge in [0.1, 0.15) is 5.56 Å². The van der Waals surface area contributed by atoms with Crippen molar-refractivity contribution in [3.05, 3.63) is 59.7 Å². The number of aryl methyl sites for hydroxylation is 1. The zero-order chi connectivity index (χ0) is 15.1. The van der Waals surface area contributed by atoms with Crippen molar-refractivity contribution in [2.75, 3.05) is 6.61 Å². The number of rotatable bonds is 6. The molecule has 0 aliphatic carbocycles. The molecule has 0 aliphatic rings. The number of carbonyl (C=O) groups is 1. The summed E-state index contributed by atoms with van der Waals surface area (Å²) >= 11 is 0. The molecule has 0 saturated carbocycles. The molecule has 0 saturated heterocycles. The van der Waals surface area contributed by atoms with Gasteiger partial charge in [0, 0.05) is 0 Å². The van der Waals surface area contributed by atoms with Crippen molar-refractivity contribution in [1.82, 2.24) is 0 Å². The topological polar surface area (TPSA) is 66.8 Å². The Balaban J connectivity index is 1.73. The highest BCUT2D eigenvalue weighted by Gasteiger charge is 2.14. The van der Waals surface area contributed by atoms with Crippen LogP contribution in [-0.4, -0.2) is 22.8 Å². The van der Waals surface area contributed by atoms with Gasteiger partial charge in [0.25, 0.3) is 0 Å². The van der Waals surface area contributed by atoms with E-state index in [4.69, 9.17) is 4.74 Å². The van der Waals surface area contributed by atoms with Gasteiger partial charge in [-0.3, -0.25) is 0 Å². The second-order valence-electron chi connectivity index (χ2n) is 4.75. The Morgan fingerprint density at radius 2 is 1.71 bits per heavy atom. The average Bonchev–Trinajstić information content (AvgIpc) is 2.50. The van der Waals surface area contributed by atoms with Crippen LogP contribution in [0.25, 0.3) is 0 Å². The molecule has 0 fully saturated rings. The molecule has 0 atom stereocenters. The first-order valence-corrected chi connectivity index (χ1v) is 6.90. The van der Waals surface area contributed by atoms with E-state index in [1.54, 1.807) is 0 Å². The van der Waals surface area contributed by atoms with Crippen LogP contribution in [0.15, 0.2) is 48.5 Å². The van der Waals surface area contributed by atoms with Crippen LogP contribution in [0.3, 0.4) is 0 Å². The largest absolute Gasteiger partial charge is 0.504 e. The van der Waals surface area contributed by atoms with E-state index < -0.39 is 11.7 Å². The fraction of sp³-hybridized carbons (Fsp3) is 0.235. The summed E-state index contributed by atoms with van der Waals surface area (Å²) in [4.78, 5) is 11.8. The van der Waals surface area contributed by atoms with Crippen molar-refractivity contribution in [2.24, 2.45) is 0 Å². The molecule has 2 aromatic rings. The minimum absolute atomic E-state index is 0.0157. The molecule has 2 aromatic carbocycles. The molecule has 110 valence electrons. The predicted molar refractivity (Wildman–Crippen MR) is 79.4 cm³/mol. The van der Waals surface area contributed by atoms with Gasteiger partial charge in [-0.25, -0.2) is 4.79 Å². The van der Waals surface area contributed by atoms with Crippen molar-refractivity contribution in [3.63, 3.8) is 0 Å². The Kier molecular flexibility index (Phi) is 5.21. The highest BCUT2D eigenvalue weighted by Crippen LogP contribution is 2.28. The summed E-state index contributed by atoms with van der Waals surface area (Å²) in [5.74, 6) is -1.39. The molecule has 4 heteroatoms. The molecule has 0 bridgehead atoms. The van der Waals surface area contributed by atoms with Gasteiger partial charge >= 0.3 is 5.97 Å². The number of phenolic OH excluding ortho intramolecular Hbond substituents is 2. The average molecular weight is 286 g/mol. The molecule has 0 aromatic heterocycles. The fourth-order valence-electron chi connectivity index (χ4n) is 2.01. The van der Waals surface area contributed by atoms with Gasteiger partial charge in [0.15, 0.2) is 11.5 Å². The second kappa shape index (κ2) is 7.33.